The molecular weight excluding hydrogens is 233 g/mol. The van der Waals surface area contributed by atoms with Gasteiger partial charge in [-0.3, -0.25) is 14.9 Å². The van der Waals surface area contributed by atoms with Crippen molar-refractivity contribution in [3.8, 4) is 0 Å². The average molecular weight is 239 g/mol. The minimum atomic E-state index is -1.35. The van der Waals surface area contributed by atoms with Crippen LogP contribution in [0.5, 0.6) is 0 Å². The maximum atomic E-state index is 13.3. The van der Waals surface area contributed by atoms with Gasteiger partial charge in [0.15, 0.2) is 6.29 Å². The molecule has 0 saturated heterocycles. The van der Waals surface area contributed by atoms with E-state index in [4.69, 9.17) is 5.11 Å². The fourth-order valence-corrected chi connectivity index (χ4v) is 1.21. The maximum absolute atomic E-state index is 13.3. The van der Waals surface area contributed by atoms with Crippen LogP contribution in [0, 0.1) is 15.9 Å². The highest BCUT2D eigenvalue weighted by molar-refractivity contribution is 5.91. The summed E-state index contributed by atoms with van der Waals surface area (Å²) in [5.74, 6) is -2.26. The molecule has 1 aromatic carbocycles. The lowest BCUT2D eigenvalue weighted by molar-refractivity contribution is -0.385. The number of benzene rings is 1. The van der Waals surface area contributed by atoms with Gasteiger partial charge in [-0.25, -0.2) is 9.18 Å². The van der Waals surface area contributed by atoms with Gasteiger partial charge in [0.2, 0.25) is 0 Å². The third-order valence-electron chi connectivity index (χ3n) is 1.92. The Kier molecular flexibility index (Phi) is 3.66. The van der Waals surface area contributed by atoms with Crippen LogP contribution in [0.2, 0.25) is 0 Å². The second kappa shape index (κ2) is 4.97. The summed E-state index contributed by atoms with van der Waals surface area (Å²) in [5.41, 5.74) is -1.49. The second-order valence-corrected chi connectivity index (χ2v) is 2.94. The summed E-state index contributed by atoms with van der Waals surface area (Å²) in [6, 6.07) is 1.64. The Morgan fingerprint density at radius 2 is 2.06 bits per heavy atom. The van der Waals surface area contributed by atoms with Crippen LogP contribution in [-0.4, -0.2) is 22.3 Å². The lowest BCUT2D eigenvalue weighted by Gasteiger charge is -2.01. The Bertz CT molecular complexity index is 524. The predicted molar refractivity (Wildman–Crippen MR) is 55.1 cm³/mol. The predicted octanol–water partition coefficient (Wildman–Crippen LogP) is 1.64. The van der Waals surface area contributed by atoms with Crippen LogP contribution in [0.1, 0.15) is 15.9 Å². The number of carbonyl (C=O) groups is 2. The van der Waals surface area contributed by atoms with E-state index in [0.29, 0.717) is 6.08 Å². The SMILES string of the molecule is O=Cc1c([N+](=O)[O-])ccc(F)c1/C=C/C(=O)O. The molecule has 17 heavy (non-hydrogen) atoms. The fraction of sp³-hybridized carbons (Fsp3) is 0. The van der Waals surface area contributed by atoms with E-state index in [1.807, 2.05) is 0 Å². The van der Waals surface area contributed by atoms with Gasteiger partial charge in [-0.2, -0.15) is 0 Å². The largest absolute Gasteiger partial charge is 0.478 e. The van der Waals surface area contributed by atoms with Crippen LogP contribution in [0.3, 0.4) is 0 Å². The lowest BCUT2D eigenvalue weighted by Crippen LogP contribution is -2.00. The summed E-state index contributed by atoms with van der Waals surface area (Å²) >= 11 is 0. The van der Waals surface area contributed by atoms with Gasteiger partial charge in [-0.05, 0) is 12.1 Å². The highest BCUT2D eigenvalue weighted by Crippen LogP contribution is 2.24. The first kappa shape index (κ1) is 12.5. The summed E-state index contributed by atoms with van der Waals surface area (Å²) in [4.78, 5) is 30.7. The molecule has 0 fully saturated rings. The zero-order valence-electron chi connectivity index (χ0n) is 8.29. The molecule has 88 valence electrons. The molecular formula is C10H6FNO5. The molecule has 0 saturated carbocycles. The van der Waals surface area contributed by atoms with Crippen LogP contribution in [-0.2, 0) is 4.79 Å². The van der Waals surface area contributed by atoms with Crippen molar-refractivity contribution in [2.45, 2.75) is 0 Å². The number of nitrogens with zero attached hydrogens (tertiary/aromatic N) is 1. The molecule has 0 heterocycles. The van der Waals surface area contributed by atoms with Crippen LogP contribution < -0.4 is 0 Å². The number of aliphatic carboxylic acids is 1. The number of hydrogen-bond acceptors (Lipinski definition) is 4. The third-order valence-corrected chi connectivity index (χ3v) is 1.92. The van der Waals surface area contributed by atoms with Crippen molar-refractivity contribution in [1.29, 1.82) is 0 Å². The molecule has 0 amide bonds. The van der Waals surface area contributed by atoms with Crippen molar-refractivity contribution in [2.75, 3.05) is 0 Å². The molecule has 0 aromatic heterocycles. The van der Waals surface area contributed by atoms with Crippen molar-refractivity contribution in [1.82, 2.24) is 0 Å². The topological polar surface area (TPSA) is 97.5 Å². The molecule has 1 N–H and O–H groups in total. The average Bonchev–Trinajstić information content (AvgIpc) is 2.26. The molecule has 1 aromatic rings. The molecule has 7 heteroatoms. The Morgan fingerprint density at radius 3 is 2.53 bits per heavy atom. The second-order valence-electron chi connectivity index (χ2n) is 2.94. The molecule has 1 rings (SSSR count). The molecule has 0 atom stereocenters. The number of rotatable bonds is 4. The molecule has 0 aliphatic rings. The molecule has 0 spiro atoms. The molecule has 6 nitrogen and oxygen atoms in total. The Morgan fingerprint density at radius 1 is 1.41 bits per heavy atom. The first-order valence-electron chi connectivity index (χ1n) is 4.30. The number of carbonyl (C=O) groups excluding carboxylic acids is 1. The van der Waals surface area contributed by atoms with Gasteiger partial charge in [0.1, 0.15) is 11.4 Å². The number of carboxylic acids is 1. The monoisotopic (exact) mass is 239 g/mol. The lowest BCUT2D eigenvalue weighted by atomic mass is 10.1. The fourth-order valence-electron chi connectivity index (χ4n) is 1.21. The van der Waals surface area contributed by atoms with Crippen LogP contribution in [0.15, 0.2) is 18.2 Å². The quantitative estimate of drug-likeness (QED) is 0.373. The zero-order chi connectivity index (χ0) is 13.0. The van der Waals surface area contributed by atoms with Crippen LogP contribution >= 0.6 is 0 Å². The Hall–Kier alpha value is -2.57. The van der Waals surface area contributed by atoms with Crippen molar-refractivity contribution >= 4 is 24.0 Å². The first-order valence-corrected chi connectivity index (χ1v) is 4.30. The summed E-state index contributed by atoms with van der Waals surface area (Å²) in [5, 5.41) is 18.9. The van der Waals surface area contributed by atoms with E-state index in [1.54, 1.807) is 0 Å². The van der Waals surface area contributed by atoms with Gasteiger partial charge in [0, 0.05) is 17.7 Å². The minimum absolute atomic E-state index is 0.114. The van der Waals surface area contributed by atoms with Crippen molar-refractivity contribution in [3.05, 3.63) is 45.3 Å². The van der Waals surface area contributed by atoms with Gasteiger partial charge in [0.25, 0.3) is 5.69 Å². The van der Waals surface area contributed by atoms with Gasteiger partial charge >= 0.3 is 5.97 Å². The van der Waals surface area contributed by atoms with E-state index in [0.717, 1.165) is 18.2 Å². The third kappa shape index (κ3) is 2.71. The highest BCUT2D eigenvalue weighted by Gasteiger charge is 2.19. The van der Waals surface area contributed by atoms with Crippen LogP contribution in [0.25, 0.3) is 6.08 Å². The summed E-state index contributed by atoms with van der Waals surface area (Å²) in [7, 11) is 0. The van der Waals surface area contributed by atoms with Crippen molar-refractivity contribution < 1.29 is 24.0 Å². The van der Waals surface area contributed by atoms with Crippen molar-refractivity contribution in [3.63, 3.8) is 0 Å². The Balaban J connectivity index is 3.45. The van der Waals surface area contributed by atoms with E-state index in [1.165, 1.54) is 0 Å². The smallest absolute Gasteiger partial charge is 0.328 e. The minimum Gasteiger partial charge on any atom is -0.478 e. The standard InChI is InChI=1S/C10H6FNO5/c11-8-2-3-9(12(16)17)7(5-13)6(8)1-4-10(14)15/h1-5H,(H,14,15)/b4-1+. The van der Waals surface area contributed by atoms with Gasteiger partial charge in [0.05, 0.1) is 4.92 Å². The zero-order valence-corrected chi connectivity index (χ0v) is 8.29. The van der Waals surface area contributed by atoms with Crippen LogP contribution in [0.4, 0.5) is 10.1 Å². The molecule has 0 radical (unpaired) electrons. The summed E-state index contributed by atoms with van der Waals surface area (Å²) < 4.78 is 13.3. The van der Waals surface area contributed by atoms with E-state index in [2.05, 4.69) is 0 Å². The van der Waals surface area contributed by atoms with Gasteiger partial charge in [-0.15, -0.1) is 0 Å². The number of nitro benzene ring substituents is 1. The number of carboxylic acid groups (broad SMARTS) is 1. The summed E-state index contributed by atoms with van der Waals surface area (Å²) in [6.07, 6.45) is 1.51. The molecule has 0 bridgehead atoms. The van der Waals surface area contributed by atoms with E-state index < -0.39 is 33.5 Å². The number of hydrogen-bond donors (Lipinski definition) is 1. The molecule has 0 unspecified atom stereocenters. The molecule has 0 aliphatic carbocycles. The number of nitro groups is 1. The first-order chi connectivity index (χ1) is 7.97. The maximum Gasteiger partial charge on any atom is 0.328 e. The highest BCUT2D eigenvalue weighted by atomic mass is 19.1. The Labute approximate surface area is 94.1 Å². The van der Waals surface area contributed by atoms with E-state index in [9.17, 15) is 24.1 Å². The normalized spacial score (nSPS) is 10.4. The number of halogens is 1. The van der Waals surface area contributed by atoms with Gasteiger partial charge in [-0.1, -0.05) is 0 Å². The van der Waals surface area contributed by atoms with Crippen molar-refractivity contribution in [2.24, 2.45) is 0 Å². The van der Waals surface area contributed by atoms with E-state index in [-0.39, 0.29) is 6.29 Å². The van der Waals surface area contributed by atoms with Gasteiger partial charge < -0.3 is 5.11 Å². The van der Waals surface area contributed by atoms with E-state index >= 15 is 0 Å². The molecule has 0 aliphatic heterocycles. The number of aldehydes is 1. The summed E-state index contributed by atoms with van der Waals surface area (Å²) in [6.45, 7) is 0.